The molecule has 0 unspecified atom stereocenters. The van der Waals surface area contributed by atoms with E-state index in [2.05, 4.69) is 36.9 Å². The Bertz CT molecular complexity index is 1180. The number of hydrogen-bond donors (Lipinski definition) is 4. The maximum atomic E-state index is 13.6. The minimum Gasteiger partial charge on any atom is -0.361 e. The first-order chi connectivity index (χ1) is 15.9. The largest absolute Gasteiger partial charge is 0.361 e. The van der Waals surface area contributed by atoms with Crippen LogP contribution >= 0.6 is 15.9 Å². The van der Waals surface area contributed by atoms with Gasteiger partial charge in [0.1, 0.15) is 11.4 Å². The van der Waals surface area contributed by atoms with Gasteiger partial charge in [0, 0.05) is 34.2 Å². The maximum Gasteiger partial charge on any atom is 0.245 e. The van der Waals surface area contributed by atoms with Crippen LogP contribution in [0.1, 0.15) is 24.0 Å². The summed E-state index contributed by atoms with van der Waals surface area (Å²) in [6.45, 7) is 1.68. The predicted molar refractivity (Wildman–Crippen MR) is 131 cm³/mol. The van der Waals surface area contributed by atoms with Crippen molar-refractivity contribution in [3.63, 3.8) is 0 Å². The number of carbonyl (C=O) groups excluding carboxylic acids is 2. The number of halogens is 2. The minimum atomic E-state index is -0.962. The number of carbonyl (C=O) groups is 2. The second-order valence-electron chi connectivity index (χ2n) is 8.22. The average Bonchev–Trinajstić information content (AvgIpc) is 3.20. The molecule has 1 aliphatic rings. The first kappa shape index (κ1) is 23.2. The molecule has 0 spiro atoms. The molecule has 33 heavy (non-hydrogen) atoms. The fraction of sp³-hybridized carbons (Fsp3) is 0.280. The zero-order valence-electron chi connectivity index (χ0n) is 18.1. The fourth-order valence-electron chi connectivity index (χ4n) is 4.16. The molecule has 0 aliphatic carbocycles. The molecule has 1 saturated heterocycles. The lowest BCUT2D eigenvalue weighted by molar-refractivity contribution is -0.133. The highest BCUT2D eigenvalue weighted by Gasteiger charge is 2.40. The summed E-state index contributed by atoms with van der Waals surface area (Å²) in [4.78, 5) is 29.0. The van der Waals surface area contributed by atoms with E-state index < -0.39 is 5.54 Å². The van der Waals surface area contributed by atoms with E-state index in [1.807, 2.05) is 30.5 Å². The van der Waals surface area contributed by atoms with Crippen LogP contribution in [0.3, 0.4) is 0 Å². The quantitative estimate of drug-likeness (QED) is 0.364. The first-order valence-electron chi connectivity index (χ1n) is 11.0. The SMILES string of the molecule is O=C(/C=C/c1cccc(Br)c1)NC1(C(=O)NCCc2c[nH]c3ccc(F)cc23)CCNCC1. The smallest absolute Gasteiger partial charge is 0.245 e. The molecule has 0 saturated carbocycles. The van der Waals surface area contributed by atoms with Crippen molar-refractivity contribution >= 4 is 44.7 Å². The van der Waals surface area contributed by atoms with E-state index in [4.69, 9.17) is 0 Å². The Morgan fingerprint density at radius 2 is 1.97 bits per heavy atom. The van der Waals surface area contributed by atoms with E-state index >= 15 is 0 Å². The summed E-state index contributed by atoms with van der Waals surface area (Å²) in [7, 11) is 0. The van der Waals surface area contributed by atoms with Crippen LogP contribution in [0, 0.1) is 5.82 Å². The molecule has 3 aromatic rings. The lowest BCUT2D eigenvalue weighted by atomic mass is 9.87. The van der Waals surface area contributed by atoms with E-state index in [-0.39, 0.29) is 17.6 Å². The lowest BCUT2D eigenvalue weighted by Gasteiger charge is -2.36. The van der Waals surface area contributed by atoms with Crippen molar-refractivity contribution in [2.45, 2.75) is 24.8 Å². The Labute approximate surface area is 200 Å². The predicted octanol–water partition coefficient (Wildman–Crippen LogP) is 3.68. The second kappa shape index (κ2) is 10.3. The molecule has 1 fully saturated rings. The van der Waals surface area contributed by atoms with E-state index in [0.29, 0.717) is 38.9 Å². The molecule has 2 aromatic carbocycles. The van der Waals surface area contributed by atoms with Crippen molar-refractivity contribution in [1.82, 2.24) is 20.9 Å². The molecule has 1 aliphatic heterocycles. The molecule has 0 bridgehead atoms. The van der Waals surface area contributed by atoms with Crippen molar-refractivity contribution in [2.24, 2.45) is 0 Å². The van der Waals surface area contributed by atoms with Crippen LogP contribution in [0.25, 0.3) is 17.0 Å². The van der Waals surface area contributed by atoms with Gasteiger partial charge in [-0.25, -0.2) is 4.39 Å². The molecule has 1 aromatic heterocycles. The van der Waals surface area contributed by atoms with E-state index in [9.17, 15) is 14.0 Å². The Hall–Kier alpha value is -2.97. The van der Waals surface area contributed by atoms with Gasteiger partial charge in [-0.2, -0.15) is 0 Å². The van der Waals surface area contributed by atoms with Crippen LogP contribution in [0.15, 0.2) is 59.2 Å². The molecule has 4 rings (SSSR count). The van der Waals surface area contributed by atoms with Crippen molar-refractivity contribution in [3.8, 4) is 0 Å². The highest BCUT2D eigenvalue weighted by molar-refractivity contribution is 9.10. The van der Waals surface area contributed by atoms with Crippen molar-refractivity contribution < 1.29 is 14.0 Å². The molecule has 4 N–H and O–H groups in total. The summed E-state index contributed by atoms with van der Waals surface area (Å²) < 4.78 is 14.5. The van der Waals surface area contributed by atoms with Crippen molar-refractivity contribution in [2.75, 3.05) is 19.6 Å². The normalized spacial score (nSPS) is 15.6. The first-order valence-corrected chi connectivity index (χ1v) is 11.7. The number of rotatable bonds is 7. The van der Waals surface area contributed by atoms with Gasteiger partial charge in [-0.3, -0.25) is 9.59 Å². The molecule has 8 heteroatoms. The summed E-state index contributed by atoms with van der Waals surface area (Å²) in [5.41, 5.74) is 1.72. The summed E-state index contributed by atoms with van der Waals surface area (Å²) >= 11 is 3.42. The third kappa shape index (κ3) is 5.69. The van der Waals surface area contributed by atoms with Gasteiger partial charge in [-0.15, -0.1) is 0 Å². The van der Waals surface area contributed by atoms with Crippen LogP contribution in [0.2, 0.25) is 0 Å². The summed E-state index contributed by atoms with van der Waals surface area (Å²) in [5, 5.41) is 9.98. The molecular formula is C25H26BrFN4O2. The summed E-state index contributed by atoms with van der Waals surface area (Å²) in [5.74, 6) is -0.793. The number of benzene rings is 2. The topological polar surface area (TPSA) is 86.0 Å². The number of piperidine rings is 1. The van der Waals surface area contributed by atoms with Crippen LogP contribution in [-0.4, -0.2) is 42.0 Å². The molecule has 0 atom stereocenters. The van der Waals surface area contributed by atoms with Gasteiger partial charge in [0.2, 0.25) is 11.8 Å². The third-order valence-electron chi connectivity index (χ3n) is 5.94. The lowest BCUT2D eigenvalue weighted by Crippen LogP contribution is -2.62. The van der Waals surface area contributed by atoms with Gasteiger partial charge >= 0.3 is 0 Å². The molecule has 2 heterocycles. The van der Waals surface area contributed by atoms with E-state index in [1.54, 1.807) is 12.1 Å². The molecule has 172 valence electrons. The van der Waals surface area contributed by atoms with Crippen molar-refractivity contribution in [3.05, 3.63) is 76.2 Å². The van der Waals surface area contributed by atoms with Crippen LogP contribution < -0.4 is 16.0 Å². The Morgan fingerprint density at radius 3 is 2.76 bits per heavy atom. The second-order valence-corrected chi connectivity index (χ2v) is 9.14. The third-order valence-corrected chi connectivity index (χ3v) is 6.43. The highest BCUT2D eigenvalue weighted by Crippen LogP contribution is 2.21. The monoisotopic (exact) mass is 512 g/mol. The van der Waals surface area contributed by atoms with Gasteiger partial charge in [0.05, 0.1) is 0 Å². The zero-order chi connectivity index (χ0) is 23.3. The molecule has 2 amide bonds. The summed E-state index contributed by atoms with van der Waals surface area (Å²) in [6, 6.07) is 12.2. The van der Waals surface area contributed by atoms with Gasteiger partial charge in [-0.05, 0) is 79.9 Å². The molecular weight excluding hydrogens is 487 g/mol. The van der Waals surface area contributed by atoms with Crippen LogP contribution in [0.4, 0.5) is 4.39 Å². The maximum absolute atomic E-state index is 13.6. The number of nitrogens with one attached hydrogen (secondary N) is 4. The fourth-order valence-corrected chi connectivity index (χ4v) is 4.58. The van der Waals surface area contributed by atoms with E-state index in [0.717, 1.165) is 26.5 Å². The number of H-pyrrole nitrogens is 1. The summed E-state index contributed by atoms with van der Waals surface area (Å²) in [6.07, 6.45) is 6.59. The Kier molecular flexibility index (Phi) is 7.25. The minimum absolute atomic E-state index is 0.195. The standard InChI is InChI=1S/C25H26BrFN4O2/c26-19-3-1-2-17(14-19)4-7-23(32)31-25(9-12-28-13-10-25)24(33)29-11-8-18-16-30-22-6-5-20(27)15-21(18)22/h1-7,14-16,28,30H,8-13H2,(H,29,33)(H,31,32)/b7-4+. The highest BCUT2D eigenvalue weighted by atomic mass is 79.9. The molecule has 6 nitrogen and oxygen atoms in total. The number of fused-ring (bicyclic) bond motifs is 1. The van der Waals surface area contributed by atoms with Gasteiger partial charge in [0.25, 0.3) is 0 Å². The average molecular weight is 513 g/mol. The Morgan fingerprint density at radius 1 is 1.15 bits per heavy atom. The van der Waals surface area contributed by atoms with Gasteiger partial charge < -0.3 is 20.9 Å². The zero-order valence-corrected chi connectivity index (χ0v) is 19.7. The van der Waals surface area contributed by atoms with Crippen LogP contribution in [-0.2, 0) is 16.0 Å². The van der Waals surface area contributed by atoms with Crippen molar-refractivity contribution in [1.29, 1.82) is 0 Å². The number of aromatic amines is 1. The van der Waals surface area contributed by atoms with Gasteiger partial charge in [0.15, 0.2) is 0 Å². The molecule has 0 radical (unpaired) electrons. The number of amides is 2. The van der Waals surface area contributed by atoms with Gasteiger partial charge in [-0.1, -0.05) is 28.1 Å². The van der Waals surface area contributed by atoms with Crippen LogP contribution in [0.5, 0.6) is 0 Å². The number of hydrogen-bond acceptors (Lipinski definition) is 3. The van der Waals surface area contributed by atoms with E-state index in [1.165, 1.54) is 18.2 Å². The Balaban J connectivity index is 1.39. The number of aromatic nitrogens is 1.